The van der Waals surface area contributed by atoms with Gasteiger partial charge in [-0.05, 0) is 47.8 Å². The third-order valence-corrected chi connectivity index (χ3v) is 4.24. The number of aliphatic imine (C=N–C) groups is 1. The maximum Gasteiger partial charge on any atom is 0.210 e. The minimum Gasteiger partial charge on any atom is -0.438 e. The predicted molar refractivity (Wildman–Crippen MR) is 91.6 cm³/mol. The van der Waals surface area contributed by atoms with Crippen LogP contribution in [0.3, 0.4) is 0 Å². The number of anilines is 1. The molecule has 4 nitrogen and oxygen atoms in total. The monoisotopic (exact) mass is 360 g/mol. The zero-order valence-corrected chi connectivity index (χ0v) is 14.0. The van der Waals surface area contributed by atoms with Gasteiger partial charge in [-0.2, -0.15) is 0 Å². The Morgan fingerprint density at radius 3 is 2.82 bits per heavy atom. The molecule has 0 aliphatic carbocycles. The van der Waals surface area contributed by atoms with E-state index in [4.69, 9.17) is 4.42 Å². The van der Waals surface area contributed by atoms with E-state index in [1.54, 1.807) is 25.3 Å². The first-order valence-electron chi connectivity index (χ1n) is 7.33. The summed E-state index contributed by atoms with van der Waals surface area (Å²) in [6.07, 6.45) is 4.09. The van der Waals surface area contributed by atoms with Crippen LogP contribution in [0.4, 0.5) is 11.6 Å². The molecule has 1 saturated heterocycles. The zero-order valence-electron chi connectivity index (χ0n) is 12.4. The van der Waals surface area contributed by atoms with Gasteiger partial charge in [-0.15, -0.1) is 0 Å². The molecular weight excluding hydrogens is 344 g/mol. The molecule has 1 fully saturated rings. The second kappa shape index (κ2) is 6.48. The van der Waals surface area contributed by atoms with Gasteiger partial charge in [0.05, 0.1) is 16.4 Å². The summed E-state index contributed by atoms with van der Waals surface area (Å²) in [6, 6.07) is 9.18. The molecule has 1 aromatic heterocycles. The molecule has 5 heteroatoms. The second-order valence-corrected chi connectivity index (χ2v) is 6.22. The van der Waals surface area contributed by atoms with Crippen LogP contribution in [0.25, 0.3) is 0 Å². The first-order valence-corrected chi connectivity index (χ1v) is 8.12. The van der Waals surface area contributed by atoms with E-state index in [0.29, 0.717) is 11.3 Å². The summed E-state index contributed by atoms with van der Waals surface area (Å²) in [5, 5.41) is 0. The maximum atomic E-state index is 11.4. The summed E-state index contributed by atoms with van der Waals surface area (Å²) >= 11 is 3.54. The molecule has 0 atom stereocenters. The highest BCUT2D eigenvalue weighted by molar-refractivity contribution is 9.10. The van der Waals surface area contributed by atoms with E-state index in [-0.39, 0.29) is 5.78 Å². The molecule has 1 aromatic carbocycles. The lowest BCUT2D eigenvalue weighted by molar-refractivity contribution is 0.101. The lowest BCUT2D eigenvalue weighted by atomic mass is 10.1. The number of Topliss-reactive ketones (excluding diaryl/α,β-unsaturated/α-hetero) is 1. The Labute approximate surface area is 138 Å². The molecule has 2 aromatic rings. The first-order chi connectivity index (χ1) is 10.6. The van der Waals surface area contributed by atoms with Crippen LogP contribution in [0.15, 0.2) is 44.2 Å². The van der Waals surface area contributed by atoms with Crippen LogP contribution in [-0.4, -0.2) is 25.1 Å². The standard InChI is InChI=1S/C17H17BrN2O2/c1-12(21)13-5-4-6-14(9-13)19-11-15-10-16(18)17(22-15)20-7-2-3-8-20/h4-6,9-11H,2-3,7-8H2,1H3. The van der Waals surface area contributed by atoms with Crippen LogP contribution in [0.2, 0.25) is 0 Å². The van der Waals surface area contributed by atoms with Crippen LogP contribution in [0.1, 0.15) is 35.9 Å². The Hall–Kier alpha value is -1.88. The molecule has 1 aliphatic rings. The van der Waals surface area contributed by atoms with Crippen LogP contribution >= 0.6 is 15.9 Å². The molecule has 0 unspecified atom stereocenters. The number of hydrogen-bond donors (Lipinski definition) is 0. The summed E-state index contributed by atoms with van der Waals surface area (Å²) in [6.45, 7) is 3.61. The third-order valence-electron chi connectivity index (χ3n) is 3.67. The van der Waals surface area contributed by atoms with Crippen LogP contribution in [-0.2, 0) is 0 Å². The van der Waals surface area contributed by atoms with Crippen LogP contribution in [0, 0.1) is 0 Å². The molecule has 22 heavy (non-hydrogen) atoms. The van der Waals surface area contributed by atoms with Gasteiger partial charge in [-0.3, -0.25) is 9.79 Å². The molecule has 0 radical (unpaired) electrons. The molecule has 0 N–H and O–H groups in total. The largest absolute Gasteiger partial charge is 0.438 e. The van der Waals surface area contributed by atoms with Crippen molar-refractivity contribution in [2.75, 3.05) is 18.0 Å². The zero-order chi connectivity index (χ0) is 15.5. The Morgan fingerprint density at radius 1 is 1.32 bits per heavy atom. The molecule has 0 spiro atoms. The molecule has 0 bridgehead atoms. The maximum absolute atomic E-state index is 11.4. The van der Waals surface area contributed by atoms with E-state index in [1.807, 2.05) is 18.2 Å². The van der Waals surface area contributed by atoms with E-state index < -0.39 is 0 Å². The van der Waals surface area contributed by atoms with Gasteiger partial charge in [0.2, 0.25) is 5.88 Å². The van der Waals surface area contributed by atoms with Crippen molar-refractivity contribution < 1.29 is 9.21 Å². The van der Waals surface area contributed by atoms with Crippen molar-refractivity contribution >= 4 is 39.5 Å². The number of carbonyl (C=O) groups excluding carboxylic acids is 1. The molecule has 1 aliphatic heterocycles. The van der Waals surface area contributed by atoms with Gasteiger partial charge in [-0.25, -0.2) is 0 Å². The van der Waals surface area contributed by atoms with Gasteiger partial charge in [0.25, 0.3) is 0 Å². The minimum absolute atomic E-state index is 0.0362. The van der Waals surface area contributed by atoms with E-state index in [1.165, 1.54) is 12.8 Å². The highest BCUT2D eigenvalue weighted by Gasteiger charge is 2.19. The quantitative estimate of drug-likeness (QED) is 0.591. The average Bonchev–Trinajstić information content (AvgIpc) is 3.14. The molecular formula is C17H17BrN2O2. The van der Waals surface area contributed by atoms with E-state index in [0.717, 1.165) is 29.1 Å². The Morgan fingerprint density at radius 2 is 2.09 bits per heavy atom. The number of rotatable bonds is 4. The van der Waals surface area contributed by atoms with Gasteiger partial charge in [-0.1, -0.05) is 12.1 Å². The number of ketones is 1. The lowest BCUT2D eigenvalue weighted by Crippen LogP contribution is -2.17. The SMILES string of the molecule is CC(=O)c1cccc(N=Cc2cc(Br)c(N3CCCC3)o2)c1. The fourth-order valence-corrected chi connectivity index (χ4v) is 3.08. The summed E-state index contributed by atoms with van der Waals surface area (Å²) < 4.78 is 6.81. The summed E-state index contributed by atoms with van der Waals surface area (Å²) in [5.74, 6) is 1.60. The van der Waals surface area contributed by atoms with Gasteiger partial charge in [0, 0.05) is 24.7 Å². The van der Waals surface area contributed by atoms with Crippen molar-refractivity contribution in [1.82, 2.24) is 0 Å². The van der Waals surface area contributed by atoms with Crippen molar-refractivity contribution in [2.24, 2.45) is 4.99 Å². The molecule has 3 rings (SSSR count). The van der Waals surface area contributed by atoms with Crippen molar-refractivity contribution in [3.8, 4) is 0 Å². The van der Waals surface area contributed by atoms with E-state index >= 15 is 0 Å². The first kappa shape index (κ1) is 15.0. The summed E-state index contributed by atoms with van der Waals surface area (Å²) in [4.78, 5) is 18.0. The normalized spacial score (nSPS) is 14.9. The lowest BCUT2D eigenvalue weighted by Gasteiger charge is -2.13. The van der Waals surface area contributed by atoms with Gasteiger partial charge in [0.15, 0.2) is 5.78 Å². The number of benzene rings is 1. The Bertz CT molecular complexity index is 715. The van der Waals surface area contributed by atoms with Crippen molar-refractivity contribution in [3.63, 3.8) is 0 Å². The fraction of sp³-hybridized carbons (Fsp3) is 0.294. The minimum atomic E-state index is 0.0362. The molecule has 0 amide bonds. The highest BCUT2D eigenvalue weighted by atomic mass is 79.9. The highest BCUT2D eigenvalue weighted by Crippen LogP contribution is 2.32. The topological polar surface area (TPSA) is 45.8 Å². The fourth-order valence-electron chi connectivity index (χ4n) is 2.52. The van der Waals surface area contributed by atoms with Gasteiger partial charge in [0.1, 0.15) is 5.76 Å². The van der Waals surface area contributed by atoms with Gasteiger partial charge >= 0.3 is 0 Å². The number of furan rings is 1. The van der Waals surface area contributed by atoms with Crippen molar-refractivity contribution in [1.29, 1.82) is 0 Å². The van der Waals surface area contributed by atoms with Gasteiger partial charge < -0.3 is 9.32 Å². The number of nitrogens with zero attached hydrogens (tertiary/aromatic N) is 2. The van der Waals surface area contributed by atoms with Crippen LogP contribution < -0.4 is 4.90 Å². The van der Waals surface area contributed by atoms with Crippen molar-refractivity contribution in [2.45, 2.75) is 19.8 Å². The van der Waals surface area contributed by atoms with Crippen LogP contribution in [0.5, 0.6) is 0 Å². The Balaban J connectivity index is 1.79. The number of carbonyl (C=O) groups is 1. The summed E-state index contributed by atoms with van der Waals surface area (Å²) in [5.41, 5.74) is 1.40. The smallest absolute Gasteiger partial charge is 0.210 e. The van der Waals surface area contributed by atoms with Crippen molar-refractivity contribution in [3.05, 3.63) is 46.1 Å². The van der Waals surface area contributed by atoms with E-state index in [9.17, 15) is 4.79 Å². The summed E-state index contributed by atoms with van der Waals surface area (Å²) in [7, 11) is 0. The number of hydrogen-bond acceptors (Lipinski definition) is 4. The average molecular weight is 361 g/mol. The predicted octanol–water partition coefficient (Wildman–Crippen LogP) is 4.60. The number of halogens is 1. The molecule has 0 saturated carbocycles. The molecule has 2 heterocycles. The third kappa shape index (κ3) is 3.30. The Kier molecular flexibility index (Phi) is 4.43. The second-order valence-electron chi connectivity index (χ2n) is 5.36. The van der Waals surface area contributed by atoms with E-state index in [2.05, 4.69) is 25.8 Å². The molecule has 114 valence electrons.